The minimum absolute atomic E-state index is 0.101. The fraction of sp³-hybridized carbons (Fsp3) is 0.400. The first kappa shape index (κ1) is 38.0. The van der Waals surface area contributed by atoms with Gasteiger partial charge >= 0.3 is 0 Å². The Balaban J connectivity index is 0.721. The largest absolute Gasteiger partial charge is 0.457 e. The number of rotatable bonds is 9. The molecule has 0 spiro atoms. The van der Waals surface area contributed by atoms with E-state index >= 15 is 0 Å². The second kappa shape index (κ2) is 15.8. The summed E-state index contributed by atoms with van der Waals surface area (Å²) in [5.41, 5.74) is 10.5. The lowest BCUT2D eigenvalue weighted by Crippen LogP contribution is -2.54. The molecule has 4 fully saturated rings. The Labute approximate surface area is 347 Å². The van der Waals surface area contributed by atoms with E-state index in [1.54, 1.807) is 12.1 Å². The molecule has 0 aliphatic carbocycles. The number of imide groups is 2. The average Bonchev–Trinajstić information content (AvgIpc) is 3.97. The number of nitrogen functional groups attached to an aromatic ring is 1. The molecule has 15 heteroatoms. The van der Waals surface area contributed by atoms with Gasteiger partial charge in [0.05, 0.1) is 22.6 Å². The summed E-state index contributed by atoms with van der Waals surface area (Å²) in [6.07, 6.45) is 7.02. The molecule has 4 saturated heterocycles. The van der Waals surface area contributed by atoms with E-state index in [-0.39, 0.29) is 24.8 Å². The molecular formula is C45H48N10O5. The summed E-state index contributed by atoms with van der Waals surface area (Å²) in [4.78, 5) is 68.3. The predicted molar refractivity (Wildman–Crippen MR) is 224 cm³/mol. The molecular weight excluding hydrogens is 761 g/mol. The Hall–Kier alpha value is -6.19. The molecule has 2 aromatic heterocycles. The zero-order valence-electron chi connectivity index (χ0n) is 33.4. The fourth-order valence-electron chi connectivity index (χ4n) is 9.92. The third kappa shape index (κ3) is 7.15. The zero-order valence-corrected chi connectivity index (χ0v) is 33.4. The van der Waals surface area contributed by atoms with Crippen molar-refractivity contribution < 1.29 is 23.9 Å². The molecule has 15 nitrogen and oxygen atoms in total. The Bertz CT molecular complexity index is 2460. The van der Waals surface area contributed by atoms with Gasteiger partial charge in [0, 0.05) is 63.0 Å². The number of anilines is 2. The number of piperidine rings is 3. The average molecular weight is 809 g/mol. The smallest absolute Gasteiger partial charge is 0.262 e. The number of nitrogens with zero attached hydrogens (tertiary/aromatic N) is 8. The van der Waals surface area contributed by atoms with Crippen LogP contribution in [0.5, 0.6) is 11.5 Å². The summed E-state index contributed by atoms with van der Waals surface area (Å²) in [7, 11) is 0. The normalized spacial score (nSPS) is 22.2. The molecule has 3 N–H and O–H groups in total. The number of nitrogens with one attached hydrogen (secondary N) is 1. The Kier molecular flexibility index (Phi) is 10.00. The minimum atomic E-state index is -0.962. The number of amides is 4. The Morgan fingerprint density at radius 3 is 2.25 bits per heavy atom. The van der Waals surface area contributed by atoms with Crippen LogP contribution >= 0.6 is 0 Å². The van der Waals surface area contributed by atoms with Gasteiger partial charge < -0.3 is 20.3 Å². The van der Waals surface area contributed by atoms with Crippen molar-refractivity contribution >= 4 is 46.2 Å². The van der Waals surface area contributed by atoms with E-state index in [1.807, 2.05) is 60.7 Å². The summed E-state index contributed by atoms with van der Waals surface area (Å²) in [5.74, 6) is 0.631. The summed E-state index contributed by atoms with van der Waals surface area (Å²) in [6, 6.07) is 22.9. The van der Waals surface area contributed by atoms with Crippen LogP contribution in [0.3, 0.4) is 0 Å². The number of para-hydroxylation sites is 1. The van der Waals surface area contributed by atoms with E-state index in [9.17, 15) is 19.2 Å². The van der Waals surface area contributed by atoms with Crippen LogP contribution in [0.4, 0.5) is 11.5 Å². The Morgan fingerprint density at radius 1 is 0.750 bits per heavy atom. The number of carbonyl (C=O) groups is 4. The number of fused-ring (bicyclic) bond motifs is 2. The van der Waals surface area contributed by atoms with Crippen molar-refractivity contribution in [3.63, 3.8) is 0 Å². The van der Waals surface area contributed by atoms with Gasteiger partial charge in [-0.25, -0.2) is 14.6 Å². The van der Waals surface area contributed by atoms with E-state index in [1.165, 1.54) is 12.7 Å². The summed E-state index contributed by atoms with van der Waals surface area (Å²) in [6.45, 7) is 7.03. The van der Waals surface area contributed by atoms with Crippen molar-refractivity contribution in [3.05, 3.63) is 90.3 Å². The first-order valence-electron chi connectivity index (χ1n) is 21.2. The Morgan fingerprint density at radius 2 is 1.48 bits per heavy atom. The monoisotopic (exact) mass is 808 g/mol. The van der Waals surface area contributed by atoms with Crippen molar-refractivity contribution in [2.24, 2.45) is 5.92 Å². The van der Waals surface area contributed by atoms with Gasteiger partial charge in [0.15, 0.2) is 5.65 Å². The van der Waals surface area contributed by atoms with E-state index in [4.69, 9.17) is 15.6 Å². The van der Waals surface area contributed by atoms with Gasteiger partial charge in [-0.15, -0.1) is 0 Å². The number of benzene rings is 3. The van der Waals surface area contributed by atoms with Crippen LogP contribution in [-0.4, -0.2) is 116 Å². The number of nitrogens with two attached hydrogens (primary N) is 1. The van der Waals surface area contributed by atoms with Crippen LogP contribution in [0.25, 0.3) is 22.3 Å². The fourth-order valence-corrected chi connectivity index (χ4v) is 9.92. The highest BCUT2D eigenvalue weighted by Gasteiger charge is 2.45. The molecule has 0 saturated carbocycles. The number of carbonyl (C=O) groups excluding carboxylic acids is 4. The maximum atomic E-state index is 13.4. The maximum Gasteiger partial charge on any atom is 0.262 e. The van der Waals surface area contributed by atoms with Crippen molar-refractivity contribution in [3.8, 4) is 22.8 Å². The SMILES string of the molecule is Nc1ncnc2c1c(-c1ccc(Oc3ccccc3)cc1)nn2C1CCN([C@H]2CCN(CC3CCN(c4ccc5c(c4)C(=O)N(C4CCC(=O)NC4=O)C5=O)CC3)C2)CC1. The maximum absolute atomic E-state index is 13.4. The molecule has 10 rings (SSSR count). The van der Waals surface area contributed by atoms with Gasteiger partial charge in [0.1, 0.15) is 35.4 Å². The quantitative estimate of drug-likeness (QED) is 0.194. The van der Waals surface area contributed by atoms with Gasteiger partial charge in [-0.1, -0.05) is 18.2 Å². The second-order valence-corrected chi connectivity index (χ2v) is 16.8. The summed E-state index contributed by atoms with van der Waals surface area (Å²) >= 11 is 0. The molecule has 60 heavy (non-hydrogen) atoms. The van der Waals surface area contributed by atoms with Crippen LogP contribution < -0.4 is 20.7 Å². The van der Waals surface area contributed by atoms with Crippen molar-refractivity contribution in [2.75, 3.05) is 56.4 Å². The van der Waals surface area contributed by atoms with E-state index in [0.717, 1.165) is 116 Å². The van der Waals surface area contributed by atoms with Crippen LogP contribution in [0.15, 0.2) is 79.1 Å². The van der Waals surface area contributed by atoms with Crippen molar-refractivity contribution in [1.29, 1.82) is 0 Å². The molecule has 0 radical (unpaired) electrons. The van der Waals surface area contributed by atoms with E-state index in [0.29, 0.717) is 28.9 Å². The number of aromatic nitrogens is 4. The van der Waals surface area contributed by atoms with Gasteiger partial charge in [-0.2, -0.15) is 5.10 Å². The standard InChI is InChI=1S/C45H48N10O5/c46-41-39-40(29-6-9-34(10-7-29)60-33-4-2-1-3-5-33)50-55(42(39)48-27-47-41)30-17-22-53(23-18-30)32-16-19-51(26-32)25-28-14-20-52(21-15-28)31-8-11-35-36(24-31)45(59)54(44(35)58)37-12-13-38(56)49-43(37)57/h1-11,24,27-28,30,32,37H,12-23,25-26H2,(H2,46,47,48)(H,49,56,57)/t32-,37?/m0/s1. The molecule has 3 aromatic carbocycles. The van der Waals surface area contributed by atoms with Gasteiger partial charge in [0.25, 0.3) is 11.8 Å². The third-order valence-corrected chi connectivity index (χ3v) is 13.2. The molecule has 1 unspecified atom stereocenters. The van der Waals surface area contributed by atoms with E-state index < -0.39 is 23.8 Å². The van der Waals surface area contributed by atoms with Crippen molar-refractivity contribution in [2.45, 2.75) is 63.1 Å². The highest BCUT2D eigenvalue weighted by molar-refractivity contribution is 6.23. The lowest BCUT2D eigenvalue weighted by molar-refractivity contribution is -0.136. The molecule has 308 valence electrons. The number of ether oxygens (including phenoxy) is 1. The lowest BCUT2D eigenvalue weighted by atomic mass is 9.95. The van der Waals surface area contributed by atoms with Crippen LogP contribution in [0, 0.1) is 5.92 Å². The molecule has 0 bridgehead atoms. The van der Waals surface area contributed by atoms with Crippen LogP contribution in [-0.2, 0) is 9.59 Å². The molecule has 5 aliphatic heterocycles. The zero-order chi connectivity index (χ0) is 40.9. The first-order valence-corrected chi connectivity index (χ1v) is 21.2. The predicted octanol–water partition coefficient (Wildman–Crippen LogP) is 4.90. The number of hydrogen-bond donors (Lipinski definition) is 2. The van der Waals surface area contributed by atoms with Gasteiger partial charge in [0.2, 0.25) is 11.8 Å². The molecule has 7 heterocycles. The third-order valence-electron chi connectivity index (χ3n) is 13.2. The summed E-state index contributed by atoms with van der Waals surface area (Å²) in [5, 5.41) is 8.18. The van der Waals surface area contributed by atoms with Gasteiger partial charge in [-0.3, -0.25) is 34.3 Å². The number of likely N-dealkylation sites (tertiary alicyclic amines) is 2. The minimum Gasteiger partial charge on any atom is -0.457 e. The van der Waals surface area contributed by atoms with Crippen LogP contribution in [0.1, 0.15) is 71.7 Å². The van der Waals surface area contributed by atoms with Crippen molar-refractivity contribution in [1.82, 2.24) is 39.8 Å². The molecule has 5 aromatic rings. The molecule has 2 atom stereocenters. The van der Waals surface area contributed by atoms with E-state index in [2.05, 4.69) is 34.7 Å². The van der Waals surface area contributed by atoms with Crippen LogP contribution in [0.2, 0.25) is 0 Å². The highest BCUT2D eigenvalue weighted by atomic mass is 16.5. The topological polar surface area (TPSA) is 172 Å². The lowest BCUT2D eigenvalue weighted by Gasteiger charge is -2.37. The summed E-state index contributed by atoms with van der Waals surface area (Å²) < 4.78 is 8.10. The van der Waals surface area contributed by atoms with Gasteiger partial charge in [-0.05, 0) is 106 Å². The second-order valence-electron chi connectivity index (χ2n) is 16.8. The number of hydrogen-bond acceptors (Lipinski definition) is 12. The highest BCUT2D eigenvalue weighted by Crippen LogP contribution is 2.37. The molecule has 4 amide bonds. The molecule has 5 aliphatic rings. The first-order chi connectivity index (χ1) is 29.3.